The second-order valence-corrected chi connectivity index (χ2v) is 7.22. The van der Waals surface area contributed by atoms with Crippen molar-refractivity contribution in [2.45, 2.75) is 39.2 Å². The lowest BCUT2D eigenvalue weighted by atomic mass is 9.98. The van der Waals surface area contributed by atoms with Crippen molar-refractivity contribution in [1.29, 1.82) is 0 Å². The second kappa shape index (κ2) is 7.80. The standard InChI is InChI=1S/C21H23N5O2/c1-13-16(12-23-26-13)11-22-20(27)15-7-9-17-18(10-8-15)24-19(25-21(17)28)14-5-3-2-4-6-14/h2-6,12,15H,7-11H2,1H3,(H,22,27)(H,23,26)(H,24,25,28). The molecule has 7 nitrogen and oxygen atoms in total. The number of rotatable bonds is 4. The highest BCUT2D eigenvalue weighted by Crippen LogP contribution is 2.23. The van der Waals surface area contributed by atoms with Crippen LogP contribution in [0.3, 0.4) is 0 Å². The molecule has 0 saturated carbocycles. The first kappa shape index (κ1) is 18.2. The average molecular weight is 377 g/mol. The Morgan fingerprint density at radius 3 is 2.75 bits per heavy atom. The monoisotopic (exact) mass is 377 g/mol. The summed E-state index contributed by atoms with van der Waals surface area (Å²) >= 11 is 0. The molecule has 0 radical (unpaired) electrons. The summed E-state index contributed by atoms with van der Waals surface area (Å²) in [6.07, 6.45) is 4.26. The van der Waals surface area contributed by atoms with Crippen LogP contribution in [0.4, 0.5) is 0 Å². The molecule has 3 N–H and O–H groups in total. The van der Waals surface area contributed by atoms with Crippen LogP contribution in [0.2, 0.25) is 0 Å². The number of nitrogens with zero attached hydrogens (tertiary/aromatic N) is 2. The number of fused-ring (bicyclic) bond motifs is 1. The highest BCUT2D eigenvalue weighted by atomic mass is 16.2. The fourth-order valence-electron chi connectivity index (χ4n) is 3.66. The van der Waals surface area contributed by atoms with E-state index in [2.05, 4.69) is 20.5 Å². The third-order valence-corrected chi connectivity index (χ3v) is 5.38. The number of carbonyl (C=O) groups excluding carboxylic acids is 1. The largest absolute Gasteiger partial charge is 0.352 e. The summed E-state index contributed by atoms with van der Waals surface area (Å²) in [6, 6.07) is 9.62. The average Bonchev–Trinajstić information content (AvgIpc) is 2.99. The maximum absolute atomic E-state index is 12.6. The topological polar surface area (TPSA) is 104 Å². The molecule has 1 aliphatic carbocycles. The van der Waals surface area contributed by atoms with E-state index in [9.17, 15) is 9.59 Å². The molecule has 28 heavy (non-hydrogen) atoms. The van der Waals surface area contributed by atoms with Crippen molar-refractivity contribution in [3.05, 3.63) is 69.4 Å². The van der Waals surface area contributed by atoms with Crippen LogP contribution >= 0.6 is 0 Å². The number of benzene rings is 1. The summed E-state index contributed by atoms with van der Waals surface area (Å²) in [5.41, 5.74) is 4.24. The van der Waals surface area contributed by atoms with Gasteiger partial charge >= 0.3 is 0 Å². The normalized spacial score (nSPS) is 16.2. The van der Waals surface area contributed by atoms with E-state index in [0.717, 1.165) is 22.5 Å². The molecule has 144 valence electrons. The van der Waals surface area contributed by atoms with Crippen LogP contribution in [0, 0.1) is 12.8 Å². The molecule has 7 heteroatoms. The predicted molar refractivity (Wildman–Crippen MR) is 106 cm³/mol. The van der Waals surface area contributed by atoms with Gasteiger partial charge in [0.25, 0.3) is 5.56 Å². The molecule has 0 spiro atoms. The van der Waals surface area contributed by atoms with Gasteiger partial charge in [-0.15, -0.1) is 0 Å². The van der Waals surface area contributed by atoms with E-state index in [-0.39, 0.29) is 17.4 Å². The minimum atomic E-state index is -0.124. The number of aryl methyl sites for hydroxylation is 2. The summed E-state index contributed by atoms with van der Waals surface area (Å²) in [5, 5.41) is 9.84. The molecule has 1 aromatic carbocycles. The van der Waals surface area contributed by atoms with Crippen molar-refractivity contribution in [2.24, 2.45) is 5.92 Å². The molecule has 2 heterocycles. The van der Waals surface area contributed by atoms with Gasteiger partial charge in [0.1, 0.15) is 5.82 Å². The molecular formula is C21H23N5O2. The smallest absolute Gasteiger partial charge is 0.254 e. The van der Waals surface area contributed by atoms with Gasteiger partial charge in [0, 0.05) is 34.8 Å². The zero-order valence-corrected chi connectivity index (χ0v) is 15.8. The quantitative estimate of drug-likeness (QED) is 0.607. The molecule has 0 aliphatic heterocycles. The van der Waals surface area contributed by atoms with E-state index in [1.807, 2.05) is 37.3 Å². The van der Waals surface area contributed by atoms with Gasteiger partial charge in [0.2, 0.25) is 5.91 Å². The van der Waals surface area contributed by atoms with Crippen molar-refractivity contribution in [3.8, 4) is 11.4 Å². The van der Waals surface area contributed by atoms with Gasteiger partial charge in [-0.2, -0.15) is 5.10 Å². The highest BCUT2D eigenvalue weighted by Gasteiger charge is 2.25. The van der Waals surface area contributed by atoms with E-state index >= 15 is 0 Å². The van der Waals surface area contributed by atoms with Crippen molar-refractivity contribution in [3.63, 3.8) is 0 Å². The van der Waals surface area contributed by atoms with Gasteiger partial charge in [-0.3, -0.25) is 14.7 Å². The Hall–Kier alpha value is -3.22. The van der Waals surface area contributed by atoms with Crippen LogP contribution in [0.5, 0.6) is 0 Å². The molecule has 1 amide bonds. The van der Waals surface area contributed by atoms with Crippen LogP contribution in [0.25, 0.3) is 11.4 Å². The lowest BCUT2D eigenvalue weighted by molar-refractivity contribution is -0.125. The van der Waals surface area contributed by atoms with E-state index in [1.165, 1.54) is 0 Å². The Balaban J connectivity index is 1.47. The number of aromatic amines is 2. The molecule has 0 saturated heterocycles. The molecule has 1 atom stereocenters. The van der Waals surface area contributed by atoms with Crippen LogP contribution in [0.15, 0.2) is 41.3 Å². The van der Waals surface area contributed by atoms with Gasteiger partial charge in [-0.1, -0.05) is 30.3 Å². The first-order chi connectivity index (χ1) is 13.6. The third-order valence-electron chi connectivity index (χ3n) is 5.38. The molecule has 3 aromatic rings. The summed E-state index contributed by atoms with van der Waals surface area (Å²) in [6.45, 7) is 2.39. The van der Waals surface area contributed by atoms with Gasteiger partial charge in [-0.05, 0) is 32.6 Å². The van der Waals surface area contributed by atoms with E-state index in [1.54, 1.807) is 6.20 Å². The second-order valence-electron chi connectivity index (χ2n) is 7.22. The van der Waals surface area contributed by atoms with Crippen molar-refractivity contribution in [1.82, 2.24) is 25.5 Å². The van der Waals surface area contributed by atoms with Gasteiger partial charge in [0.15, 0.2) is 0 Å². The Labute approximate surface area is 162 Å². The molecule has 1 aliphatic rings. The number of hydrogen-bond donors (Lipinski definition) is 3. The molecule has 2 aromatic heterocycles. The fraction of sp³-hybridized carbons (Fsp3) is 0.333. The Kier molecular flexibility index (Phi) is 5.06. The molecular weight excluding hydrogens is 354 g/mol. The SMILES string of the molecule is Cc1[nH]ncc1CNC(=O)C1CCc2nc(-c3ccccc3)[nH]c(=O)c2CC1. The summed E-state index contributed by atoms with van der Waals surface area (Å²) in [5.74, 6) is 0.483. The van der Waals surface area contributed by atoms with Gasteiger partial charge in [0.05, 0.1) is 11.9 Å². The molecule has 1 unspecified atom stereocenters. The lowest BCUT2D eigenvalue weighted by Gasteiger charge is -2.13. The van der Waals surface area contributed by atoms with Crippen LogP contribution < -0.4 is 10.9 Å². The summed E-state index contributed by atoms with van der Waals surface area (Å²) in [4.78, 5) is 32.8. The lowest BCUT2D eigenvalue weighted by Crippen LogP contribution is -2.30. The van der Waals surface area contributed by atoms with Crippen molar-refractivity contribution >= 4 is 5.91 Å². The number of hydrogen-bond acceptors (Lipinski definition) is 4. The van der Waals surface area contributed by atoms with E-state index < -0.39 is 0 Å². The van der Waals surface area contributed by atoms with Crippen LogP contribution in [-0.4, -0.2) is 26.1 Å². The van der Waals surface area contributed by atoms with E-state index in [0.29, 0.717) is 43.6 Å². The summed E-state index contributed by atoms with van der Waals surface area (Å²) < 4.78 is 0. The van der Waals surface area contributed by atoms with Gasteiger partial charge in [-0.25, -0.2) is 4.98 Å². The zero-order chi connectivity index (χ0) is 19.5. The molecule has 0 fully saturated rings. The maximum atomic E-state index is 12.6. The van der Waals surface area contributed by atoms with Crippen molar-refractivity contribution in [2.75, 3.05) is 0 Å². The zero-order valence-electron chi connectivity index (χ0n) is 15.8. The Morgan fingerprint density at radius 1 is 1.21 bits per heavy atom. The van der Waals surface area contributed by atoms with Crippen LogP contribution in [-0.2, 0) is 24.2 Å². The van der Waals surface area contributed by atoms with Crippen LogP contribution in [0.1, 0.15) is 35.4 Å². The minimum Gasteiger partial charge on any atom is -0.352 e. The predicted octanol–water partition coefficient (Wildman–Crippen LogP) is 2.28. The van der Waals surface area contributed by atoms with Gasteiger partial charge < -0.3 is 10.3 Å². The number of amides is 1. The minimum absolute atomic E-state index is 0.0214. The first-order valence-corrected chi connectivity index (χ1v) is 9.56. The number of nitrogens with one attached hydrogen (secondary N) is 3. The maximum Gasteiger partial charge on any atom is 0.254 e. The number of aromatic nitrogens is 4. The summed E-state index contributed by atoms with van der Waals surface area (Å²) in [7, 11) is 0. The molecule has 4 rings (SSSR count). The number of carbonyl (C=O) groups is 1. The third kappa shape index (κ3) is 3.74. The Morgan fingerprint density at radius 2 is 2.00 bits per heavy atom. The fourth-order valence-corrected chi connectivity index (χ4v) is 3.66. The number of H-pyrrole nitrogens is 2. The molecule has 0 bridgehead atoms. The van der Waals surface area contributed by atoms with E-state index in [4.69, 9.17) is 4.98 Å². The highest BCUT2D eigenvalue weighted by molar-refractivity contribution is 5.78. The Bertz CT molecular complexity index is 1040. The van der Waals surface area contributed by atoms with Crippen molar-refractivity contribution < 1.29 is 4.79 Å². The first-order valence-electron chi connectivity index (χ1n) is 9.56.